The molecule has 0 bridgehead atoms. The predicted octanol–water partition coefficient (Wildman–Crippen LogP) is 2.57. The molecule has 4 heteroatoms. The molecule has 114 valence electrons. The summed E-state index contributed by atoms with van der Waals surface area (Å²) in [6, 6.07) is 5.99. The van der Waals surface area contributed by atoms with Crippen molar-refractivity contribution in [3.8, 4) is 0 Å². The first-order valence-electron chi connectivity index (χ1n) is 7.68. The van der Waals surface area contributed by atoms with Crippen LogP contribution in [0.15, 0.2) is 18.2 Å². The Morgan fingerprint density at radius 3 is 2.76 bits per heavy atom. The number of hydrogen-bond donors (Lipinski definition) is 1. The quantitative estimate of drug-likeness (QED) is 0.847. The lowest BCUT2D eigenvalue weighted by molar-refractivity contribution is -0.126. The molecule has 1 saturated heterocycles. The average Bonchev–Trinajstić information content (AvgIpc) is 2.84. The molecule has 4 nitrogen and oxygen atoms in total. The molecule has 1 unspecified atom stereocenters. The normalized spacial score (nSPS) is 18.1. The molecule has 1 fully saturated rings. The number of unbranched alkanes of at least 4 members (excludes halogenated alkanes) is 1. The van der Waals surface area contributed by atoms with Crippen LogP contribution in [0.1, 0.15) is 37.3 Å². The molecule has 1 aromatic rings. The lowest BCUT2D eigenvalue weighted by Gasteiger charge is -2.18. The van der Waals surface area contributed by atoms with E-state index in [1.54, 1.807) is 4.90 Å². The van der Waals surface area contributed by atoms with Crippen molar-refractivity contribution >= 4 is 17.5 Å². The highest BCUT2D eigenvalue weighted by Gasteiger charge is 2.34. The Morgan fingerprint density at radius 2 is 2.10 bits per heavy atom. The van der Waals surface area contributed by atoms with E-state index in [2.05, 4.69) is 19.2 Å². The van der Waals surface area contributed by atoms with Gasteiger partial charge in [0.25, 0.3) is 0 Å². The molecule has 0 radical (unpaired) electrons. The summed E-state index contributed by atoms with van der Waals surface area (Å²) in [6.07, 6.45) is 2.34. The van der Waals surface area contributed by atoms with E-state index in [0.29, 0.717) is 19.5 Å². The fourth-order valence-corrected chi connectivity index (χ4v) is 2.56. The maximum absolute atomic E-state index is 12.2. The molecule has 1 N–H and O–H groups in total. The number of benzene rings is 1. The number of aryl methyl sites for hydroxylation is 2. The van der Waals surface area contributed by atoms with Gasteiger partial charge in [0.2, 0.25) is 11.8 Å². The smallest absolute Gasteiger partial charge is 0.227 e. The van der Waals surface area contributed by atoms with Crippen molar-refractivity contribution in [2.75, 3.05) is 18.0 Å². The topological polar surface area (TPSA) is 49.4 Å². The first-order valence-corrected chi connectivity index (χ1v) is 7.68. The second-order valence-corrected chi connectivity index (χ2v) is 5.82. The third-order valence-corrected chi connectivity index (χ3v) is 4.13. The second-order valence-electron chi connectivity index (χ2n) is 5.82. The minimum atomic E-state index is -0.226. The van der Waals surface area contributed by atoms with Crippen LogP contribution in [0.25, 0.3) is 0 Å². The molecule has 2 amide bonds. The third-order valence-electron chi connectivity index (χ3n) is 4.13. The maximum atomic E-state index is 12.2. The summed E-state index contributed by atoms with van der Waals surface area (Å²) >= 11 is 0. The summed E-state index contributed by atoms with van der Waals surface area (Å²) in [7, 11) is 0. The van der Waals surface area contributed by atoms with Gasteiger partial charge in [0.1, 0.15) is 0 Å². The number of nitrogens with one attached hydrogen (secondary N) is 1. The largest absolute Gasteiger partial charge is 0.356 e. The molecule has 0 saturated carbocycles. The molecule has 0 spiro atoms. The van der Waals surface area contributed by atoms with Gasteiger partial charge in [-0.15, -0.1) is 0 Å². The van der Waals surface area contributed by atoms with Crippen LogP contribution in [0.5, 0.6) is 0 Å². The molecule has 1 aliphatic heterocycles. The summed E-state index contributed by atoms with van der Waals surface area (Å²) in [4.78, 5) is 26.0. The zero-order valence-corrected chi connectivity index (χ0v) is 13.1. The highest BCUT2D eigenvalue weighted by Crippen LogP contribution is 2.26. The lowest BCUT2D eigenvalue weighted by atomic mass is 10.1. The number of carbonyl (C=O) groups excluding carboxylic acids is 2. The van der Waals surface area contributed by atoms with Crippen molar-refractivity contribution in [3.63, 3.8) is 0 Å². The molecule has 1 aromatic carbocycles. The second kappa shape index (κ2) is 6.74. The monoisotopic (exact) mass is 288 g/mol. The van der Waals surface area contributed by atoms with Gasteiger partial charge in [-0.3, -0.25) is 9.59 Å². The van der Waals surface area contributed by atoms with Gasteiger partial charge in [0.15, 0.2) is 0 Å². The maximum Gasteiger partial charge on any atom is 0.227 e. The number of rotatable bonds is 5. The van der Waals surface area contributed by atoms with Crippen molar-refractivity contribution in [1.82, 2.24) is 5.32 Å². The summed E-state index contributed by atoms with van der Waals surface area (Å²) < 4.78 is 0. The Hall–Kier alpha value is -1.84. The Balaban J connectivity index is 2.02. The van der Waals surface area contributed by atoms with Gasteiger partial charge >= 0.3 is 0 Å². The lowest BCUT2D eigenvalue weighted by Crippen LogP contribution is -2.33. The minimum absolute atomic E-state index is 0.00290. The van der Waals surface area contributed by atoms with Crippen LogP contribution in [-0.2, 0) is 9.59 Å². The van der Waals surface area contributed by atoms with Crippen molar-refractivity contribution in [2.45, 2.75) is 40.0 Å². The molecule has 21 heavy (non-hydrogen) atoms. The van der Waals surface area contributed by atoms with Gasteiger partial charge in [-0.05, 0) is 43.5 Å². The molecule has 0 aliphatic carbocycles. The Morgan fingerprint density at radius 1 is 1.33 bits per heavy atom. The summed E-state index contributed by atoms with van der Waals surface area (Å²) in [5.74, 6) is -0.187. The number of nitrogens with zero attached hydrogens (tertiary/aromatic N) is 1. The highest BCUT2D eigenvalue weighted by molar-refractivity contribution is 6.00. The van der Waals surface area contributed by atoms with E-state index >= 15 is 0 Å². The zero-order chi connectivity index (χ0) is 15.4. The molecular weight excluding hydrogens is 264 g/mol. The fraction of sp³-hybridized carbons (Fsp3) is 0.529. The van der Waals surface area contributed by atoms with Crippen molar-refractivity contribution in [1.29, 1.82) is 0 Å². The van der Waals surface area contributed by atoms with Crippen LogP contribution in [0.3, 0.4) is 0 Å². The van der Waals surface area contributed by atoms with Crippen LogP contribution < -0.4 is 10.2 Å². The van der Waals surface area contributed by atoms with Crippen molar-refractivity contribution < 1.29 is 9.59 Å². The van der Waals surface area contributed by atoms with Gasteiger partial charge in [-0.2, -0.15) is 0 Å². The van der Waals surface area contributed by atoms with Crippen LogP contribution in [0, 0.1) is 19.8 Å². The van der Waals surface area contributed by atoms with E-state index in [4.69, 9.17) is 0 Å². The summed E-state index contributed by atoms with van der Waals surface area (Å²) in [5.41, 5.74) is 3.27. The molecule has 1 aliphatic rings. The van der Waals surface area contributed by atoms with Crippen molar-refractivity contribution in [3.05, 3.63) is 29.3 Å². The third kappa shape index (κ3) is 3.63. The van der Waals surface area contributed by atoms with Gasteiger partial charge < -0.3 is 10.2 Å². The minimum Gasteiger partial charge on any atom is -0.356 e. The molecular formula is C17H24N2O2. The summed E-state index contributed by atoms with van der Waals surface area (Å²) in [6.45, 7) is 7.36. The van der Waals surface area contributed by atoms with Crippen LogP contribution >= 0.6 is 0 Å². The summed E-state index contributed by atoms with van der Waals surface area (Å²) in [5, 5.41) is 2.92. The molecule has 0 aromatic heterocycles. The van der Waals surface area contributed by atoms with E-state index in [0.717, 1.165) is 24.1 Å². The highest BCUT2D eigenvalue weighted by atomic mass is 16.2. The number of amides is 2. The van der Waals surface area contributed by atoms with E-state index in [1.807, 2.05) is 25.1 Å². The Labute approximate surface area is 126 Å². The van der Waals surface area contributed by atoms with Crippen molar-refractivity contribution in [2.24, 2.45) is 5.92 Å². The Kier molecular flexibility index (Phi) is 4.99. The van der Waals surface area contributed by atoms with Crippen LogP contribution in [0.4, 0.5) is 5.69 Å². The SMILES string of the molecule is CCCCNC(=O)C1CC(=O)N(c2ccc(C)c(C)c2)C1. The van der Waals surface area contributed by atoms with Crippen LogP contribution in [0.2, 0.25) is 0 Å². The van der Waals surface area contributed by atoms with Gasteiger partial charge in [0.05, 0.1) is 5.92 Å². The van der Waals surface area contributed by atoms with E-state index < -0.39 is 0 Å². The first-order chi connectivity index (χ1) is 10.0. The average molecular weight is 288 g/mol. The van der Waals surface area contributed by atoms with Crippen LogP contribution in [-0.4, -0.2) is 24.9 Å². The Bertz CT molecular complexity index is 540. The first kappa shape index (κ1) is 15.5. The van der Waals surface area contributed by atoms with E-state index in [9.17, 15) is 9.59 Å². The number of carbonyl (C=O) groups is 2. The van der Waals surface area contributed by atoms with E-state index in [1.165, 1.54) is 5.56 Å². The van der Waals surface area contributed by atoms with Gasteiger partial charge in [-0.25, -0.2) is 0 Å². The number of hydrogen-bond acceptors (Lipinski definition) is 2. The molecule has 1 heterocycles. The standard InChI is InChI=1S/C17H24N2O2/c1-4-5-8-18-17(21)14-10-16(20)19(11-14)15-7-6-12(2)13(3)9-15/h6-7,9,14H,4-5,8,10-11H2,1-3H3,(H,18,21). The van der Waals surface area contributed by atoms with Gasteiger partial charge in [-0.1, -0.05) is 19.4 Å². The van der Waals surface area contributed by atoms with E-state index in [-0.39, 0.29) is 17.7 Å². The zero-order valence-electron chi connectivity index (χ0n) is 13.1. The predicted molar refractivity (Wildman–Crippen MR) is 84.3 cm³/mol. The number of anilines is 1. The molecule has 1 atom stereocenters. The molecule has 2 rings (SSSR count). The van der Waals surface area contributed by atoms with Gasteiger partial charge in [0, 0.05) is 25.2 Å². The fourth-order valence-electron chi connectivity index (χ4n) is 2.56.